The fourth-order valence-electron chi connectivity index (χ4n) is 3.04. The number of sulfonamides is 1. The van der Waals surface area contributed by atoms with Crippen molar-refractivity contribution in [3.63, 3.8) is 0 Å². The third-order valence-corrected chi connectivity index (χ3v) is 5.44. The standard InChI is InChI=1S/C17H26N2O3S/c1-17(2,12-14-8-5-4-6-9-14)18-16(20)15-10-7-11-19(13-15)23(3,21)22/h4-6,8-9,15H,7,10-13H2,1-3H3,(H,18,20). The number of carbonyl (C=O) groups excluding carboxylic acids is 1. The van der Waals surface area contributed by atoms with Gasteiger partial charge < -0.3 is 5.32 Å². The molecular weight excluding hydrogens is 312 g/mol. The molecule has 1 heterocycles. The van der Waals surface area contributed by atoms with Crippen molar-refractivity contribution in [3.05, 3.63) is 35.9 Å². The Morgan fingerprint density at radius 3 is 2.57 bits per heavy atom. The van der Waals surface area contributed by atoms with E-state index in [0.717, 1.165) is 19.3 Å². The van der Waals surface area contributed by atoms with E-state index in [1.54, 1.807) is 0 Å². The van der Waals surface area contributed by atoms with Gasteiger partial charge in [0.15, 0.2) is 0 Å². The van der Waals surface area contributed by atoms with Gasteiger partial charge in [-0.15, -0.1) is 0 Å². The summed E-state index contributed by atoms with van der Waals surface area (Å²) < 4.78 is 24.8. The Morgan fingerprint density at radius 1 is 1.30 bits per heavy atom. The number of amides is 1. The molecule has 1 unspecified atom stereocenters. The highest BCUT2D eigenvalue weighted by molar-refractivity contribution is 7.88. The molecule has 128 valence electrons. The number of benzene rings is 1. The lowest BCUT2D eigenvalue weighted by atomic mass is 9.92. The van der Waals surface area contributed by atoms with Gasteiger partial charge in [0.1, 0.15) is 0 Å². The largest absolute Gasteiger partial charge is 0.351 e. The summed E-state index contributed by atoms with van der Waals surface area (Å²) in [6.07, 6.45) is 3.40. The van der Waals surface area contributed by atoms with Crippen LogP contribution in [0.25, 0.3) is 0 Å². The molecule has 1 saturated heterocycles. The molecule has 23 heavy (non-hydrogen) atoms. The van der Waals surface area contributed by atoms with Gasteiger partial charge >= 0.3 is 0 Å². The van der Waals surface area contributed by atoms with Gasteiger partial charge in [-0.05, 0) is 38.7 Å². The molecule has 1 aliphatic heterocycles. The molecule has 1 aliphatic rings. The number of hydrogen-bond donors (Lipinski definition) is 1. The van der Waals surface area contributed by atoms with Crippen molar-refractivity contribution < 1.29 is 13.2 Å². The molecule has 1 atom stereocenters. The van der Waals surface area contributed by atoms with Crippen LogP contribution in [0, 0.1) is 5.92 Å². The first-order chi connectivity index (χ1) is 10.7. The van der Waals surface area contributed by atoms with Gasteiger partial charge in [-0.25, -0.2) is 12.7 Å². The minimum Gasteiger partial charge on any atom is -0.351 e. The Bertz CT molecular complexity index is 641. The molecule has 5 nitrogen and oxygen atoms in total. The minimum absolute atomic E-state index is 0.0562. The molecule has 0 radical (unpaired) electrons. The minimum atomic E-state index is -3.23. The molecule has 0 saturated carbocycles. The third-order valence-electron chi connectivity index (χ3n) is 4.17. The number of nitrogens with zero attached hydrogens (tertiary/aromatic N) is 1. The zero-order valence-corrected chi connectivity index (χ0v) is 14.9. The highest BCUT2D eigenvalue weighted by Gasteiger charge is 2.32. The summed E-state index contributed by atoms with van der Waals surface area (Å²) in [5, 5.41) is 3.09. The zero-order chi connectivity index (χ0) is 17.1. The monoisotopic (exact) mass is 338 g/mol. The second kappa shape index (κ2) is 7.01. The first-order valence-corrected chi connectivity index (χ1v) is 9.83. The van der Waals surface area contributed by atoms with Crippen LogP contribution in [0.3, 0.4) is 0 Å². The van der Waals surface area contributed by atoms with E-state index in [4.69, 9.17) is 0 Å². The summed E-state index contributed by atoms with van der Waals surface area (Å²) in [5.74, 6) is -0.326. The highest BCUT2D eigenvalue weighted by Crippen LogP contribution is 2.20. The molecule has 0 bridgehead atoms. The molecule has 1 fully saturated rings. The van der Waals surface area contributed by atoms with Gasteiger partial charge in [0, 0.05) is 18.6 Å². The van der Waals surface area contributed by atoms with Gasteiger partial charge in [-0.2, -0.15) is 0 Å². The number of nitrogens with one attached hydrogen (secondary N) is 1. The summed E-state index contributed by atoms with van der Waals surface area (Å²) >= 11 is 0. The SMILES string of the molecule is CC(C)(Cc1ccccc1)NC(=O)C1CCCN(S(C)(=O)=O)C1. The van der Waals surface area contributed by atoms with E-state index in [1.165, 1.54) is 16.1 Å². The van der Waals surface area contributed by atoms with Crippen molar-refractivity contribution in [2.75, 3.05) is 19.3 Å². The average molecular weight is 338 g/mol. The van der Waals surface area contributed by atoms with E-state index in [1.807, 2.05) is 44.2 Å². The van der Waals surface area contributed by atoms with Crippen LogP contribution in [-0.4, -0.2) is 43.5 Å². The Morgan fingerprint density at radius 2 is 1.96 bits per heavy atom. The molecular formula is C17H26N2O3S. The van der Waals surface area contributed by atoms with Crippen LogP contribution in [0.15, 0.2) is 30.3 Å². The summed E-state index contributed by atoms with van der Waals surface area (Å²) in [4.78, 5) is 12.5. The van der Waals surface area contributed by atoms with Crippen LogP contribution < -0.4 is 5.32 Å². The van der Waals surface area contributed by atoms with Crippen molar-refractivity contribution >= 4 is 15.9 Å². The predicted molar refractivity (Wildman–Crippen MR) is 91.5 cm³/mol. The van der Waals surface area contributed by atoms with Gasteiger partial charge in [0.25, 0.3) is 0 Å². The lowest BCUT2D eigenvalue weighted by Crippen LogP contribution is -2.51. The zero-order valence-electron chi connectivity index (χ0n) is 14.1. The van der Waals surface area contributed by atoms with E-state index in [9.17, 15) is 13.2 Å². The van der Waals surface area contributed by atoms with Crippen molar-refractivity contribution in [2.45, 2.75) is 38.6 Å². The highest BCUT2D eigenvalue weighted by atomic mass is 32.2. The van der Waals surface area contributed by atoms with E-state index < -0.39 is 10.0 Å². The normalized spacial score (nSPS) is 20.2. The molecule has 0 aromatic heterocycles. The quantitative estimate of drug-likeness (QED) is 0.890. The summed E-state index contributed by atoms with van der Waals surface area (Å²) in [5.41, 5.74) is 0.797. The molecule has 2 rings (SSSR count). The van der Waals surface area contributed by atoms with Gasteiger partial charge in [-0.1, -0.05) is 30.3 Å². The molecule has 1 N–H and O–H groups in total. The van der Waals surface area contributed by atoms with Crippen LogP contribution in [0.2, 0.25) is 0 Å². The Kier molecular flexibility index (Phi) is 5.47. The number of rotatable bonds is 5. The summed E-state index contributed by atoms with van der Waals surface area (Å²) in [6.45, 7) is 4.78. The van der Waals surface area contributed by atoms with Crippen LogP contribution in [-0.2, 0) is 21.2 Å². The maximum atomic E-state index is 12.5. The lowest BCUT2D eigenvalue weighted by molar-refractivity contribution is -0.127. The van der Waals surface area contributed by atoms with E-state index in [0.29, 0.717) is 6.54 Å². The fraction of sp³-hybridized carbons (Fsp3) is 0.588. The lowest BCUT2D eigenvalue weighted by Gasteiger charge is -2.33. The van der Waals surface area contributed by atoms with Crippen molar-refractivity contribution in [2.24, 2.45) is 5.92 Å². The third kappa shape index (κ3) is 5.32. The molecule has 0 aliphatic carbocycles. The topological polar surface area (TPSA) is 66.5 Å². The predicted octanol–water partition coefficient (Wildman–Crippen LogP) is 1.80. The maximum Gasteiger partial charge on any atom is 0.224 e. The second-order valence-electron chi connectivity index (χ2n) is 7.00. The Hall–Kier alpha value is -1.40. The van der Waals surface area contributed by atoms with Gasteiger partial charge in [0.2, 0.25) is 15.9 Å². The van der Waals surface area contributed by atoms with Gasteiger partial charge in [0.05, 0.1) is 12.2 Å². The maximum absolute atomic E-state index is 12.5. The van der Waals surface area contributed by atoms with Crippen LogP contribution in [0.4, 0.5) is 0 Å². The first-order valence-electron chi connectivity index (χ1n) is 7.98. The van der Waals surface area contributed by atoms with Crippen molar-refractivity contribution in [1.82, 2.24) is 9.62 Å². The Balaban J connectivity index is 1.97. The summed E-state index contributed by atoms with van der Waals surface area (Å²) in [6, 6.07) is 10.0. The number of carbonyl (C=O) groups is 1. The molecule has 1 aromatic carbocycles. The van der Waals surface area contributed by atoms with E-state index in [2.05, 4.69) is 5.32 Å². The second-order valence-corrected chi connectivity index (χ2v) is 8.98. The molecule has 0 spiro atoms. The molecule has 1 aromatic rings. The fourth-order valence-corrected chi connectivity index (χ4v) is 3.96. The van der Waals surface area contributed by atoms with Gasteiger partial charge in [-0.3, -0.25) is 4.79 Å². The van der Waals surface area contributed by atoms with E-state index >= 15 is 0 Å². The Labute approximate surface area is 139 Å². The smallest absolute Gasteiger partial charge is 0.224 e. The van der Waals surface area contributed by atoms with Crippen molar-refractivity contribution in [1.29, 1.82) is 0 Å². The van der Waals surface area contributed by atoms with Crippen molar-refractivity contribution in [3.8, 4) is 0 Å². The molecule has 6 heteroatoms. The van der Waals surface area contributed by atoms with E-state index in [-0.39, 0.29) is 23.9 Å². The first kappa shape index (κ1) is 17.9. The van der Waals surface area contributed by atoms with Crippen LogP contribution in [0.5, 0.6) is 0 Å². The average Bonchev–Trinajstić information content (AvgIpc) is 2.46. The summed E-state index contributed by atoms with van der Waals surface area (Å²) in [7, 11) is -3.23. The number of hydrogen-bond acceptors (Lipinski definition) is 3. The van der Waals surface area contributed by atoms with Crippen LogP contribution in [0.1, 0.15) is 32.3 Å². The van der Waals surface area contributed by atoms with Crippen LogP contribution >= 0.6 is 0 Å². The number of piperidine rings is 1. The molecule has 1 amide bonds.